The van der Waals surface area contributed by atoms with Crippen molar-refractivity contribution in [3.05, 3.63) is 35.4 Å². The maximum absolute atomic E-state index is 11.8. The summed E-state index contributed by atoms with van der Waals surface area (Å²) in [5, 5.41) is 0. The fourth-order valence-corrected chi connectivity index (χ4v) is 2.37. The molecule has 1 rings (SSSR count). The van der Waals surface area contributed by atoms with Crippen LogP contribution in [0.25, 0.3) is 0 Å². The van der Waals surface area contributed by atoms with Gasteiger partial charge >= 0.3 is 5.97 Å². The van der Waals surface area contributed by atoms with Crippen LogP contribution in [0.3, 0.4) is 0 Å². The molecule has 0 spiro atoms. The van der Waals surface area contributed by atoms with Gasteiger partial charge in [-0.25, -0.2) is 4.79 Å². The van der Waals surface area contributed by atoms with Crippen LogP contribution in [-0.4, -0.2) is 13.1 Å². The van der Waals surface area contributed by atoms with Crippen LogP contribution < -0.4 is 0 Å². The lowest BCUT2D eigenvalue weighted by molar-refractivity contribution is 0.0598. The average Bonchev–Trinajstić information content (AvgIpc) is 2.43. The van der Waals surface area contributed by atoms with Crippen molar-refractivity contribution in [2.24, 2.45) is 0 Å². The van der Waals surface area contributed by atoms with Gasteiger partial charge in [-0.1, -0.05) is 51.3 Å². The molecule has 2 nitrogen and oxygen atoms in total. The molecular formula is C16H24O2. The van der Waals surface area contributed by atoms with Gasteiger partial charge in [0.2, 0.25) is 0 Å². The van der Waals surface area contributed by atoms with Gasteiger partial charge in [0.15, 0.2) is 0 Å². The second kappa shape index (κ2) is 7.91. The summed E-state index contributed by atoms with van der Waals surface area (Å²) in [4.78, 5) is 11.8. The van der Waals surface area contributed by atoms with E-state index in [0.29, 0.717) is 5.92 Å². The Morgan fingerprint density at radius 1 is 1.22 bits per heavy atom. The first-order valence-corrected chi connectivity index (χ1v) is 6.91. The van der Waals surface area contributed by atoms with E-state index in [1.165, 1.54) is 26.4 Å². The van der Waals surface area contributed by atoms with Gasteiger partial charge in [0.1, 0.15) is 0 Å². The lowest BCUT2D eigenvalue weighted by Gasteiger charge is -2.18. The zero-order valence-electron chi connectivity index (χ0n) is 11.7. The van der Waals surface area contributed by atoms with Gasteiger partial charge in [0, 0.05) is 0 Å². The summed E-state index contributed by atoms with van der Waals surface area (Å²) < 4.78 is 4.86. The molecule has 0 bridgehead atoms. The number of ether oxygens (including phenoxy) is 1. The van der Waals surface area contributed by atoms with Gasteiger partial charge in [-0.2, -0.15) is 0 Å². The minimum absolute atomic E-state index is 0.223. The molecule has 0 aliphatic carbocycles. The molecule has 0 aliphatic rings. The smallest absolute Gasteiger partial charge is 0.338 e. The quantitative estimate of drug-likeness (QED) is 0.523. The molecule has 2 heteroatoms. The first-order chi connectivity index (χ1) is 8.74. The maximum atomic E-state index is 11.8. The highest BCUT2D eigenvalue weighted by Crippen LogP contribution is 2.28. The van der Waals surface area contributed by atoms with E-state index in [2.05, 4.69) is 19.9 Å². The van der Waals surface area contributed by atoms with E-state index in [0.717, 1.165) is 24.0 Å². The highest BCUT2D eigenvalue weighted by molar-refractivity contribution is 5.91. The number of benzene rings is 1. The molecule has 0 heterocycles. The Labute approximate surface area is 110 Å². The number of hydrogen-bond acceptors (Lipinski definition) is 2. The van der Waals surface area contributed by atoms with Crippen molar-refractivity contribution in [3.63, 3.8) is 0 Å². The third kappa shape index (κ3) is 3.86. The summed E-state index contributed by atoms with van der Waals surface area (Å²) in [7, 11) is 1.44. The minimum Gasteiger partial charge on any atom is -0.465 e. The number of carbonyl (C=O) groups is 1. The second-order valence-corrected chi connectivity index (χ2v) is 4.68. The van der Waals surface area contributed by atoms with E-state index >= 15 is 0 Å². The van der Waals surface area contributed by atoms with E-state index in [1.54, 1.807) is 0 Å². The van der Waals surface area contributed by atoms with Crippen LogP contribution in [0.15, 0.2) is 24.3 Å². The number of carbonyl (C=O) groups excluding carboxylic acids is 1. The molecular weight excluding hydrogens is 224 g/mol. The van der Waals surface area contributed by atoms with Crippen LogP contribution in [0.4, 0.5) is 0 Å². The molecule has 0 aliphatic heterocycles. The fraction of sp³-hybridized carbons (Fsp3) is 0.562. The Hall–Kier alpha value is -1.31. The zero-order chi connectivity index (χ0) is 13.4. The van der Waals surface area contributed by atoms with E-state index in [1.807, 2.05) is 18.2 Å². The second-order valence-electron chi connectivity index (χ2n) is 4.68. The van der Waals surface area contributed by atoms with Crippen molar-refractivity contribution < 1.29 is 9.53 Å². The van der Waals surface area contributed by atoms with Gasteiger partial charge in [0.25, 0.3) is 0 Å². The van der Waals surface area contributed by atoms with Crippen molar-refractivity contribution in [1.29, 1.82) is 0 Å². The van der Waals surface area contributed by atoms with Gasteiger partial charge in [-0.05, 0) is 30.4 Å². The average molecular weight is 248 g/mol. The predicted octanol–water partition coefficient (Wildman–Crippen LogP) is 4.55. The molecule has 0 amide bonds. The third-order valence-electron chi connectivity index (χ3n) is 3.45. The highest BCUT2D eigenvalue weighted by Gasteiger charge is 2.17. The monoisotopic (exact) mass is 248 g/mol. The molecule has 1 atom stereocenters. The van der Waals surface area contributed by atoms with Gasteiger partial charge in [0.05, 0.1) is 12.7 Å². The summed E-state index contributed by atoms with van der Waals surface area (Å²) in [5.41, 5.74) is 1.87. The normalized spacial score (nSPS) is 12.2. The fourth-order valence-electron chi connectivity index (χ4n) is 2.37. The van der Waals surface area contributed by atoms with Crippen molar-refractivity contribution in [2.75, 3.05) is 7.11 Å². The van der Waals surface area contributed by atoms with Crippen LogP contribution in [0.2, 0.25) is 0 Å². The van der Waals surface area contributed by atoms with E-state index < -0.39 is 0 Å². The Kier molecular flexibility index (Phi) is 6.48. The largest absolute Gasteiger partial charge is 0.465 e. The Morgan fingerprint density at radius 3 is 2.56 bits per heavy atom. The molecule has 0 saturated carbocycles. The number of esters is 1. The molecule has 0 fully saturated rings. The summed E-state index contributed by atoms with van der Waals surface area (Å²) in [5.74, 6) is 0.242. The molecule has 0 aromatic heterocycles. The SMILES string of the molecule is CCCCCC(CC)c1ccccc1C(=O)OC. The number of methoxy groups -OCH3 is 1. The van der Waals surface area contributed by atoms with Crippen LogP contribution in [0.5, 0.6) is 0 Å². The Balaban J connectivity index is 2.87. The maximum Gasteiger partial charge on any atom is 0.338 e. The summed E-state index contributed by atoms with van der Waals surface area (Å²) in [6.07, 6.45) is 5.94. The Bertz CT molecular complexity index is 371. The van der Waals surface area contributed by atoms with Crippen molar-refractivity contribution in [3.8, 4) is 0 Å². The van der Waals surface area contributed by atoms with E-state index in [4.69, 9.17) is 4.74 Å². The number of unbranched alkanes of at least 4 members (excludes halogenated alkanes) is 2. The minimum atomic E-state index is -0.223. The molecule has 100 valence electrons. The van der Waals surface area contributed by atoms with Crippen LogP contribution >= 0.6 is 0 Å². The van der Waals surface area contributed by atoms with Crippen LogP contribution in [0, 0.1) is 0 Å². The van der Waals surface area contributed by atoms with E-state index in [-0.39, 0.29) is 5.97 Å². The number of hydrogen-bond donors (Lipinski definition) is 0. The van der Waals surface area contributed by atoms with Gasteiger partial charge < -0.3 is 4.74 Å². The summed E-state index contributed by atoms with van der Waals surface area (Å²) in [6.45, 7) is 4.40. The lowest BCUT2D eigenvalue weighted by Crippen LogP contribution is -2.09. The van der Waals surface area contributed by atoms with E-state index in [9.17, 15) is 4.79 Å². The lowest BCUT2D eigenvalue weighted by atomic mass is 9.88. The summed E-state index contributed by atoms with van der Waals surface area (Å²) in [6, 6.07) is 7.83. The Morgan fingerprint density at radius 2 is 1.94 bits per heavy atom. The van der Waals surface area contributed by atoms with Gasteiger partial charge in [-0.3, -0.25) is 0 Å². The van der Waals surface area contributed by atoms with Gasteiger partial charge in [-0.15, -0.1) is 0 Å². The molecule has 0 saturated heterocycles. The first-order valence-electron chi connectivity index (χ1n) is 6.91. The van der Waals surface area contributed by atoms with Crippen LogP contribution in [0.1, 0.15) is 67.8 Å². The summed E-state index contributed by atoms with van der Waals surface area (Å²) >= 11 is 0. The first kappa shape index (κ1) is 14.7. The molecule has 1 aromatic carbocycles. The van der Waals surface area contributed by atoms with Crippen molar-refractivity contribution >= 4 is 5.97 Å². The topological polar surface area (TPSA) is 26.3 Å². The van der Waals surface area contributed by atoms with Crippen molar-refractivity contribution in [1.82, 2.24) is 0 Å². The third-order valence-corrected chi connectivity index (χ3v) is 3.45. The standard InChI is InChI=1S/C16H24O2/c1-4-6-7-10-13(5-2)14-11-8-9-12-15(14)16(17)18-3/h8-9,11-13H,4-7,10H2,1-3H3. The predicted molar refractivity (Wildman–Crippen MR) is 75.0 cm³/mol. The molecule has 0 N–H and O–H groups in total. The number of rotatable bonds is 7. The highest BCUT2D eigenvalue weighted by atomic mass is 16.5. The zero-order valence-corrected chi connectivity index (χ0v) is 11.7. The molecule has 18 heavy (non-hydrogen) atoms. The van der Waals surface area contributed by atoms with Crippen LogP contribution in [-0.2, 0) is 4.74 Å². The molecule has 1 aromatic rings. The van der Waals surface area contributed by atoms with Crippen molar-refractivity contribution in [2.45, 2.75) is 51.9 Å². The molecule has 1 unspecified atom stereocenters. The molecule has 0 radical (unpaired) electrons.